The van der Waals surface area contributed by atoms with Gasteiger partial charge in [-0.05, 0) is 39.3 Å². The Morgan fingerprint density at radius 3 is 3.00 bits per heavy atom. The first-order valence-corrected chi connectivity index (χ1v) is 6.97. The zero-order valence-corrected chi connectivity index (χ0v) is 11.7. The molecule has 0 radical (unpaired) electrons. The molecule has 1 unspecified atom stereocenters. The molecule has 2 rings (SSSR count). The second-order valence-electron chi connectivity index (χ2n) is 5.15. The summed E-state index contributed by atoms with van der Waals surface area (Å²) in [5.74, 6) is 2.81. The Hall–Kier alpha value is -1.16. The van der Waals surface area contributed by atoms with Crippen molar-refractivity contribution in [2.45, 2.75) is 33.1 Å². The highest BCUT2D eigenvalue weighted by atomic mass is 15.2. The molecule has 0 saturated carbocycles. The second kappa shape index (κ2) is 6.14. The first-order valence-electron chi connectivity index (χ1n) is 6.97. The van der Waals surface area contributed by atoms with Gasteiger partial charge < -0.3 is 10.2 Å². The van der Waals surface area contributed by atoms with Gasteiger partial charge in [0, 0.05) is 31.3 Å². The Morgan fingerprint density at radius 1 is 1.44 bits per heavy atom. The van der Waals surface area contributed by atoms with E-state index in [-0.39, 0.29) is 0 Å². The van der Waals surface area contributed by atoms with Crippen LogP contribution in [0, 0.1) is 12.8 Å². The van der Waals surface area contributed by atoms with Crippen molar-refractivity contribution in [3.8, 4) is 0 Å². The normalized spacial score (nSPS) is 20.2. The molecule has 0 spiro atoms. The Bertz CT molecular complexity index is 389. The monoisotopic (exact) mass is 248 g/mol. The Balaban J connectivity index is 2.12. The van der Waals surface area contributed by atoms with Gasteiger partial charge in [-0.25, -0.2) is 9.97 Å². The number of rotatable bonds is 4. The summed E-state index contributed by atoms with van der Waals surface area (Å²) >= 11 is 0. The Kier molecular flexibility index (Phi) is 4.53. The molecule has 2 heterocycles. The molecular formula is C14H24N4. The maximum atomic E-state index is 4.66. The molecule has 1 aromatic rings. The van der Waals surface area contributed by atoms with Gasteiger partial charge in [0.15, 0.2) is 0 Å². The van der Waals surface area contributed by atoms with Crippen molar-refractivity contribution in [2.24, 2.45) is 5.92 Å². The van der Waals surface area contributed by atoms with Crippen molar-refractivity contribution in [3.05, 3.63) is 17.6 Å². The molecule has 18 heavy (non-hydrogen) atoms. The van der Waals surface area contributed by atoms with E-state index in [1.165, 1.54) is 12.8 Å². The van der Waals surface area contributed by atoms with Crippen LogP contribution in [0.2, 0.25) is 0 Å². The molecule has 0 aromatic carbocycles. The minimum atomic E-state index is 0.740. The molecule has 1 N–H and O–H groups in total. The maximum absolute atomic E-state index is 4.66. The molecule has 1 atom stereocenters. The van der Waals surface area contributed by atoms with E-state index in [4.69, 9.17) is 0 Å². The van der Waals surface area contributed by atoms with Crippen molar-refractivity contribution in [2.75, 3.05) is 31.6 Å². The van der Waals surface area contributed by atoms with Crippen molar-refractivity contribution in [1.82, 2.24) is 15.3 Å². The van der Waals surface area contributed by atoms with Crippen LogP contribution < -0.4 is 10.2 Å². The smallest absolute Gasteiger partial charge is 0.132 e. The SMILES string of the molecule is CCc1nc(C)cc(N2CCCC(CNC)C2)n1. The van der Waals surface area contributed by atoms with E-state index < -0.39 is 0 Å². The van der Waals surface area contributed by atoms with Crippen molar-refractivity contribution < 1.29 is 0 Å². The summed E-state index contributed by atoms with van der Waals surface area (Å²) in [4.78, 5) is 11.5. The minimum absolute atomic E-state index is 0.740. The molecule has 1 aromatic heterocycles. The number of anilines is 1. The van der Waals surface area contributed by atoms with E-state index in [1.807, 2.05) is 7.05 Å². The van der Waals surface area contributed by atoms with Crippen LogP contribution in [0.25, 0.3) is 0 Å². The quantitative estimate of drug-likeness (QED) is 0.882. The summed E-state index contributed by atoms with van der Waals surface area (Å²) in [5, 5.41) is 3.28. The average Bonchev–Trinajstić information content (AvgIpc) is 2.39. The van der Waals surface area contributed by atoms with Crippen molar-refractivity contribution in [1.29, 1.82) is 0 Å². The fourth-order valence-electron chi connectivity index (χ4n) is 2.66. The van der Waals surface area contributed by atoms with Gasteiger partial charge >= 0.3 is 0 Å². The first kappa shape index (κ1) is 13.3. The molecule has 100 valence electrons. The lowest BCUT2D eigenvalue weighted by Gasteiger charge is -2.33. The number of nitrogens with zero attached hydrogens (tertiary/aromatic N) is 3. The van der Waals surface area contributed by atoms with Crippen LogP contribution in [-0.4, -0.2) is 36.6 Å². The van der Waals surface area contributed by atoms with Crippen LogP contribution in [0.3, 0.4) is 0 Å². The lowest BCUT2D eigenvalue weighted by Crippen LogP contribution is -2.39. The molecule has 0 bridgehead atoms. The topological polar surface area (TPSA) is 41.1 Å². The van der Waals surface area contributed by atoms with Crippen LogP contribution in [0.1, 0.15) is 31.3 Å². The maximum Gasteiger partial charge on any atom is 0.132 e. The number of piperidine rings is 1. The number of aromatic nitrogens is 2. The summed E-state index contributed by atoms with van der Waals surface area (Å²) in [5.41, 5.74) is 1.08. The highest BCUT2D eigenvalue weighted by Gasteiger charge is 2.20. The average molecular weight is 248 g/mol. The number of aryl methyl sites for hydroxylation is 2. The van der Waals surface area contributed by atoms with Gasteiger partial charge in [0.05, 0.1) is 0 Å². The van der Waals surface area contributed by atoms with Gasteiger partial charge in [-0.15, -0.1) is 0 Å². The summed E-state index contributed by atoms with van der Waals surface area (Å²) in [7, 11) is 2.03. The fourth-order valence-corrected chi connectivity index (χ4v) is 2.66. The summed E-state index contributed by atoms with van der Waals surface area (Å²) in [6, 6.07) is 2.11. The molecule has 4 nitrogen and oxygen atoms in total. The van der Waals surface area contributed by atoms with E-state index in [0.717, 1.165) is 49.3 Å². The van der Waals surface area contributed by atoms with Crippen LogP contribution >= 0.6 is 0 Å². The van der Waals surface area contributed by atoms with Crippen LogP contribution in [0.4, 0.5) is 5.82 Å². The van der Waals surface area contributed by atoms with Gasteiger partial charge in [-0.2, -0.15) is 0 Å². The van der Waals surface area contributed by atoms with Gasteiger partial charge in [-0.1, -0.05) is 6.92 Å². The van der Waals surface area contributed by atoms with Crippen LogP contribution in [-0.2, 0) is 6.42 Å². The number of hydrogen-bond acceptors (Lipinski definition) is 4. The largest absolute Gasteiger partial charge is 0.356 e. The van der Waals surface area contributed by atoms with Crippen molar-refractivity contribution in [3.63, 3.8) is 0 Å². The van der Waals surface area contributed by atoms with E-state index in [9.17, 15) is 0 Å². The highest BCUT2D eigenvalue weighted by Crippen LogP contribution is 2.21. The summed E-state index contributed by atoms with van der Waals surface area (Å²) < 4.78 is 0. The third-order valence-corrected chi connectivity index (χ3v) is 3.54. The van der Waals surface area contributed by atoms with E-state index in [2.05, 4.69) is 40.1 Å². The zero-order chi connectivity index (χ0) is 13.0. The molecule has 1 fully saturated rings. The fraction of sp³-hybridized carbons (Fsp3) is 0.714. The number of hydrogen-bond donors (Lipinski definition) is 1. The molecule has 4 heteroatoms. The summed E-state index contributed by atoms with van der Waals surface area (Å²) in [6.07, 6.45) is 3.49. The lowest BCUT2D eigenvalue weighted by molar-refractivity contribution is 0.401. The molecule has 1 aliphatic heterocycles. The van der Waals surface area contributed by atoms with Gasteiger partial charge in [0.25, 0.3) is 0 Å². The van der Waals surface area contributed by atoms with Gasteiger partial charge in [-0.3, -0.25) is 0 Å². The van der Waals surface area contributed by atoms with Crippen molar-refractivity contribution >= 4 is 5.82 Å². The Morgan fingerprint density at radius 2 is 2.28 bits per heavy atom. The van der Waals surface area contributed by atoms with E-state index in [1.54, 1.807) is 0 Å². The molecule has 0 aliphatic carbocycles. The first-order chi connectivity index (χ1) is 8.72. The predicted octanol–water partition coefficient (Wildman–Crippen LogP) is 1.78. The highest BCUT2D eigenvalue weighted by molar-refractivity contribution is 5.40. The lowest BCUT2D eigenvalue weighted by atomic mass is 9.98. The van der Waals surface area contributed by atoms with Gasteiger partial charge in [0.2, 0.25) is 0 Å². The summed E-state index contributed by atoms with van der Waals surface area (Å²) in [6.45, 7) is 7.50. The van der Waals surface area contributed by atoms with E-state index in [0.29, 0.717) is 0 Å². The second-order valence-corrected chi connectivity index (χ2v) is 5.15. The van der Waals surface area contributed by atoms with E-state index >= 15 is 0 Å². The van der Waals surface area contributed by atoms with Crippen LogP contribution in [0.5, 0.6) is 0 Å². The zero-order valence-electron chi connectivity index (χ0n) is 11.7. The third kappa shape index (κ3) is 3.19. The molecule has 0 amide bonds. The molecular weight excluding hydrogens is 224 g/mol. The molecule has 1 saturated heterocycles. The predicted molar refractivity (Wildman–Crippen MR) is 75.0 cm³/mol. The van der Waals surface area contributed by atoms with Gasteiger partial charge in [0.1, 0.15) is 11.6 Å². The minimum Gasteiger partial charge on any atom is -0.356 e. The standard InChI is InChI=1S/C14H24N4/c1-4-13-16-11(2)8-14(17-13)18-7-5-6-12(10-18)9-15-3/h8,12,15H,4-7,9-10H2,1-3H3. The number of nitrogens with one attached hydrogen (secondary N) is 1. The third-order valence-electron chi connectivity index (χ3n) is 3.54. The Labute approximate surface area is 110 Å². The molecule has 1 aliphatic rings. The van der Waals surface area contributed by atoms with Crippen LogP contribution in [0.15, 0.2) is 6.07 Å².